The van der Waals surface area contributed by atoms with Crippen molar-refractivity contribution < 1.29 is 9.15 Å². The number of benzene rings is 2. The highest BCUT2D eigenvalue weighted by molar-refractivity contribution is 7.07. The number of thiazole rings is 1. The van der Waals surface area contributed by atoms with Crippen molar-refractivity contribution in [1.82, 2.24) is 13.9 Å². The first-order valence-corrected chi connectivity index (χ1v) is 12.7. The van der Waals surface area contributed by atoms with Gasteiger partial charge in [0.25, 0.3) is 5.56 Å². The molecule has 2 aromatic carbocycles. The van der Waals surface area contributed by atoms with Crippen molar-refractivity contribution in [3.63, 3.8) is 0 Å². The Balaban J connectivity index is 1.51. The zero-order chi connectivity index (χ0) is 23.9. The summed E-state index contributed by atoms with van der Waals surface area (Å²) in [6, 6.07) is 19.7. The minimum Gasteiger partial charge on any atom is -0.454 e. The maximum absolute atomic E-state index is 13.5. The molecule has 0 saturated carbocycles. The van der Waals surface area contributed by atoms with E-state index >= 15 is 0 Å². The Morgan fingerprint density at radius 1 is 1.11 bits per heavy atom. The molecule has 0 aliphatic carbocycles. The molecule has 0 bridgehead atoms. The smallest absolute Gasteiger partial charge is 0.297 e. The van der Waals surface area contributed by atoms with Gasteiger partial charge in [-0.25, -0.2) is 9.67 Å². The number of furan rings is 1. The minimum absolute atomic E-state index is 0.115. The lowest BCUT2D eigenvalue weighted by Gasteiger charge is -2.12. The number of aromatic nitrogens is 3. The molecule has 0 N–H and O–H groups in total. The topological polar surface area (TPSA) is 66.6 Å². The van der Waals surface area contributed by atoms with Gasteiger partial charge in [0.1, 0.15) is 5.58 Å². The summed E-state index contributed by atoms with van der Waals surface area (Å²) < 4.78 is 17.8. The molecule has 1 unspecified atom stereocenters. The molecule has 1 aliphatic rings. The number of rotatable bonds is 5. The van der Waals surface area contributed by atoms with Crippen LogP contribution >= 0.6 is 11.3 Å². The molecular formula is C27H26N4O3S. The van der Waals surface area contributed by atoms with E-state index in [1.165, 1.54) is 11.3 Å². The van der Waals surface area contributed by atoms with E-state index in [4.69, 9.17) is 14.1 Å². The van der Waals surface area contributed by atoms with E-state index in [9.17, 15) is 4.79 Å². The van der Waals surface area contributed by atoms with Gasteiger partial charge in [-0.15, -0.1) is 11.3 Å². The van der Waals surface area contributed by atoms with Crippen LogP contribution in [0.1, 0.15) is 18.5 Å². The van der Waals surface area contributed by atoms with Gasteiger partial charge in [-0.1, -0.05) is 36.4 Å². The average molecular weight is 487 g/mol. The van der Waals surface area contributed by atoms with Gasteiger partial charge in [-0.05, 0) is 44.0 Å². The molecule has 0 spiro atoms. The van der Waals surface area contributed by atoms with E-state index in [0.717, 1.165) is 58.1 Å². The largest absolute Gasteiger partial charge is 0.454 e. The van der Waals surface area contributed by atoms with E-state index in [-0.39, 0.29) is 11.7 Å². The summed E-state index contributed by atoms with van der Waals surface area (Å²) >= 11 is 1.51. The molecule has 1 fully saturated rings. The zero-order valence-corrected chi connectivity index (χ0v) is 20.5. The number of fused-ring (bicyclic) bond motifs is 1. The van der Waals surface area contributed by atoms with Crippen LogP contribution in [0.2, 0.25) is 0 Å². The van der Waals surface area contributed by atoms with Crippen molar-refractivity contribution in [3.8, 4) is 17.1 Å². The zero-order valence-electron chi connectivity index (χ0n) is 19.7. The predicted molar refractivity (Wildman–Crippen MR) is 137 cm³/mol. The third-order valence-corrected chi connectivity index (χ3v) is 7.48. The quantitative estimate of drug-likeness (QED) is 0.344. The first kappa shape index (κ1) is 21.9. The van der Waals surface area contributed by atoms with Crippen LogP contribution in [0.25, 0.3) is 28.1 Å². The third-order valence-electron chi connectivity index (χ3n) is 6.62. The summed E-state index contributed by atoms with van der Waals surface area (Å²) in [5.41, 5.74) is 3.71. The summed E-state index contributed by atoms with van der Waals surface area (Å²) in [5.74, 6) is 0.786. The van der Waals surface area contributed by atoms with Gasteiger partial charge in [0.2, 0.25) is 0 Å². The van der Waals surface area contributed by atoms with E-state index in [1.54, 1.807) is 4.68 Å². The van der Waals surface area contributed by atoms with Crippen LogP contribution in [0, 0.1) is 6.92 Å². The standard InChI is InChI=1S/C27H26N4O3S/c1-18-25(26(32)31(29(18)2)20-10-4-3-5-11-20)28-27-30(16-21-12-8-14-33-21)22(17-35-27)24-15-19-9-6-7-13-23(19)34-24/h3-7,9-11,13,15,17,21H,8,12,14,16H2,1-2H3. The van der Waals surface area contributed by atoms with E-state index in [0.29, 0.717) is 12.2 Å². The minimum atomic E-state index is -0.140. The molecule has 4 heterocycles. The van der Waals surface area contributed by atoms with Gasteiger partial charge >= 0.3 is 0 Å². The van der Waals surface area contributed by atoms with Crippen molar-refractivity contribution >= 4 is 28.0 Å². The third kappa shape index (κ3) is 3.88. The van der Waals surface area contributed by atoms with Crippen LogP contribution in [0.5, 0.6) is 0 Å². The summed E-state index contributed by atoms with van der Waals surface area (Å²) in [4.78, 5) is 19.1. The number of hydrogen-bond acceptors (Lipinski definition) is 5. The van der Waals surface area contributed by atoms with Crippen LogP contribution in [0.4, 0.5) is 5.69 Å². The van der Waals surface area contributed by atoms with Gasteiger partial charge in [-0.2, -0.15) is 0 Å². The summed E-state index contributed by atoms with van der Waals surface area (Å²) in [5, 5.41) is 3.11. The van der Waals surface area contributed by atoms with Crippen molar-refractivity contribution in [1.29, 1.82) is 0 Å². The monoisotopic (exact) mass is 486 g/mol. The van der Waals surface area contributed by atoms with Crippen molar-refractivity contribution in [3.05, 3.63) is 86.9 Å². The fourth-order valence-electron chi connectivity index (χ4n) is 4.67. The highest BCUT2D eigenvalue weighted by Crippen LogP contribution is 2.29. The van der Waals surface area contributed by atoms with Crippen LogP contribution in [-0.2, 0) is 18.3 Å². The Bertz CT molecular complexity index is 1600. The van der Waals surface area contributed by atoms with Crippen LogP contribution in [0.15, 0.2) is 80.2 Å². The number of nitrogens with zero attached hydrogens (tertiary/aromatic N) is 4. The molecule has 1 aliphatic heterocycles. The van der Waals surface area contributed by atoms with Gasteiger partial charge in [-0.3, -0.25) is 9.48 Å². The molecule has 1 atom stereocenters. The molecule has 0 radical (unpaired) electrons. The molecule has 178 valence electrons. The van der Waals surface area contributed by atoms with Gasteiger partial charge in [0.15, 0.2) is 16.2 Å². The van der Waals surface area contributed by atoms with Gasteiger partial charge in [0.05, 0.1) is 29.7 Å². The average Bonchev–Trinajstić information content (AvgIpc) is 3.65. The Morgan fingerprint density at radius 3 is 2.69 bits per heavy atom. The summed E-state index contributed by atoms with van der Waals surface area (Å²) in [6.07, 6.45) is 2.18. The first-order valence-electron chi connectivity index (χ1n) is 11.8. The fraction of sp³-hybridized carbons (Fsp3) is 0.259. The van der Waals surface area contributed by atoms with Crippen molar-refractivity contribution in [2.45, 2.75) is 32.4 Å². The Kier molecular flexibility index (Phi) is 5.54. The van der Waals surface area contributed by atoms with Crippen molar-refractivity contribution in [2.24, 2.45) is 12.0 Å². The van der Waals surface area contributed by atoms with E-state index < -0.39 is 0 Å². The molecule has 6 rings (SSSR count). The van der Waals surface area contributed by atoms with Crippen molar-refractivity contribution in [2.75, 3.05) is 6.61 Å². The number of hydrogen-bond donors (Lipinski definition) is 0. The molecular weight excluding hydrogens is 460 g/mol. The normalized spacial score (nSPS) is 16.5. The SMILES string of the molecule is Cc1c(N=c2scc(-c3cc4ccccc4o3)n2CC2CCCO2)c(=O)n(-c2ccccc2)n1C. The second kappa shape index (κ2) is 8.87. The molecule has 8 heteroatoms. The Hall–Kier alpha value is -3.62. The molecule has 5 aromatic rings. The fourth-order valence-corrected chi connectivity index (χ4v) is 5.58. The lowest BCUT2D eigenvalue weighted by Crippen LogP contribution is -2.24. The second-order valence-corrected chi connectivity index (χ2v) is 9.66. The molecule has 7 nitrogen and oxygen atoms in total. The molecule has 1 saturated heterocycles. The lowest BCUT2D eigenvalue weighted by atomic mass is 10.2. The number of ether oxygens (including phenoxy) is 1. The summed E-state index contributed by atoms with van der Waals surface area (Å²) in [6.45, 7) is 3.37. The molecule has 35 heavy (non-hydrogen) atoms. The number of para-hydroxylation sites is 2. The lowest BCUT2D eigenvalue weighted by molar-refractivity contribution is 0.0967. The van der Waals surface area contributed by atoms with Gasteiger partial charge in [0, 0.05) is 24.4 Å². The Morgan fingerprint density at radius 2 is 1.91 bits per heavy atom. The Labute approximate surface area is 206 Å². The van der Waals surface area contributed by atoms with Gasteiger partial charge < -0.3 is 13.7 Å². The van der Waals surface area contributed by atoms with E-state index in [2.05, 4.69) is 16.0 Å². The van der Waals surface area contributed by atoms with E-state index in [1.807, 2.05) is 73.3 Å². The second-order valence-electron chi connectivity index (χ2n) is 8.82. The highest BCUT2D eigenvalue weighted by Gasteiger charge is 2.22. The maximum Gasteiger partial charge on any atom is 0.297 e. The molecule has 0 amide bonds. The molecule has 3 aromatic heterocycles. The summed E-state index contributed by atoms with van der Waals surface area (Å²) in [7, 11) is 1.89. The van der Waals surface area contributed by atoms with Crippen LogP contribution in [0.3, 0.4) is 0 Å². The first-order chi connectivity index (χ1) is 17.1. The highest BCUT2D eigenvalue weighted by atomic mass is 32.1. The predicted octanol–water partition coefficient (Wildman–Crippen LogP) is 5.17. The van der Waals surface area contributed by atoms with Crippen LogP contribution in [-0.4, -0.2) is 26.6 Å². The maximum atomic E-state index is 13.5. The van der Waals surface area contributed by atoms with Crippen LogP contribution < -0.4 is 10.4 Å².